The largest absolute Gasteiger partial charge is 0.295 e. The first kappa shape index (κ1) is 9.99. The van der Waals surface area contributed by atoms with Crippen molar-refractivity contribution in [3.05, 3.63) is 40.6 Å². The average Bonchev–Trinajstić information content (AvgIpc) is 2.09. The first-order chi connectivity index (χ1) is 6.13. The summed E-state index contributed by atoms with van der Waals surface area (Å²) in [5.74, 6) is 0.361. The molecule has 0 aliphatic carbocycles. The lowest BCUT2D eigenvalue weighted by Gasteiger charge is -2.04. The van der Waals surface area contributed by atoms with Crippen molar-refractivity contribution in [3.63, 3.8) is 0 Å². The molecule has 3 nitrogen and oxygen atoms in total. The third-order valence-corrected chi connectivity index (χ3v) is 1.98. The van der Waals surface area contributed by atoms with Gasteiger partial charge < -0.3 is 0 Å². The van der Waals surface area contributed by atoms with Crippen LogP contribution in [0, 0.1) is 6.92 Å². The summed E-state index contributed by atoms with van der Waals surface area (Å²) < 4.78 is 1.48. The summed E-state index contributed by atoms with van der Waals surface area (Å²) >= 11 is 5.55. The second-order valence-electron chi connectivity index (χ2n) is 2.88. The highest BCUT2D eigenvalue weighted by Crippen LogP contribution is 1.96. The molecule has 0 aliphatic heterocycles. The van der Waals surface area contributed by atoms with E-state index in [1.165, 1.54) is 17.0 Å². The predicted octanol–water partition coefficient (Wildman–Crippen LogP) is 1.35. The van der Waals surface area contributed by atoms with E-state index in [-0.39, 0.29) is 5.56 Å². The van der Waals surface area contributed by atoms with E-state index in [1.807, 2.05) is 0 Å². The van der Waals surface area contributed by atoms with Crippen LogP contribution < -0.4 is 5.56 Å². The maximum Gasteiger partial charge on any atom is 0.253 e. The van der Waals surface area contributed by atoms with E-state index in [0.717, 1.165) is 11.3 Å². The van der Waals surface area contributed by atoms with Crippen LogP contribution in [0.4, 0.5) is 0 Å². The van der Waals surface area contributed by atoms with Crippen molar-refractivity contribution < 1.29 is 0 Å². The molecule has 0 saturated heterocycles. The number of aryl methyl sites for hydroxylation is 1. The van der Waals surface area contributed by atoms with Crippen LogP contribution in [0.2, 0.25) is 0 Å². The Hall–Kier alpha value is -1.09. The molecule has 0 aliphatic rings. The molecule has 0 unspecified atom stereocenters. The zero-order valence-electron chi connectivity index (χ0n) is 7.46. The maximum absolute atomic E-state index is 11.3. The molecule has 0 atom stereocenters. The van der Waals surface area contributed by atoms with E-state index in [0.29, 0.717) is 12.4 Å². The molecule has 0 spiro atoms. The zero-order chi connectivity index (χ0) is 9.84. The molecule has 0 amide bonds. The summed E-state index contributed by atoms with van der Waals surface area (Å²) in [6.07, 6.45) is 1.51. The van der Waals surface area contributed by atoms with Gasteiger partial charge in [-0.25, -0.2) is 4.98 Å². The Labute approximate surface area is 81.7 Å². The fourth-order valence-electron chi connectivity index (χ4n) is 0.918. The van der Waals surface area contributed by atoms with Gasteiger partial charge in [-0.1, -0.05) is 6.58 Å². The van der Waals surface area contributed by atoms with Gasteiger partial charge in [-0.2, -0.15) is 0 Å². The van der Waals surface area contributed by atoms with Crippen molar-refractivity contribution in [1.82, 2.24) is 9.55 Å². The van der Waals surface area contributed by atoms with Crippen molar-refractivity contribution in [3.8, 4) is 0 Å². The lowest BCUT2D eigenvalue weighted by atomic mass is 10.3. The van der Waals surface area contributed by atoms with Crippen molar-refractivity contribution >= 4 is 11.6 Å². The van der Waals surface area contributed by atoms with Crippen LogP contribution >= 0.6 is 11.6 Å². The number of hydrogen-bond donors (Lipinski definition) is 0. The van der Waals surface area contributed by atoms with Gasteiger partial charge in [0.05, 0.1) is 6.33 Å². The Morgan fingerprint density at radius 3 is 3.00 bits per heavy atom. The molecule has 70 valence electrons. The topological polar surface area (TPSA) is 34.9 Å². The monoisotopic (exact) mass is 198 g/mol. The van der Waals surface area contributed by atoms with Crippen LogP contribution in [0.1, 0.15) is 5.69 Å². The standard InChI is InChI=1S/C9H11ClN2O/c1-7(4-10)5-12-6-11-8(2)3-9(12)13/h3,6H,1,4-5H2,2H3. The number of halogens is 1. The number of rotatable bonds is 3. The quantitative estimate of drug-likeness (QED) is 0.543. The fourth-order valence-corrected chi connectivity index (χ4v) is 1.00. The van der Waals surface area contributed by atoms with Crippen molar-refractivity contribution in [2.24, 2.45) is 0 Å². The van der Waals surface area contributed by atoms with Crippen LogP contribution in [0.15, 0.2) is 29.3 Å². The lowest BCUT2D eigenvalue weighted by molar-refractivity contribution is 0.722. The van der Waals surface area contributed by atoms with Crippen molar-refractivity contribution in [2.45, 2.75) is 13.5 Å². The van der Waals surface area contributed by atoms with Gasteiger partial charge >= 0.3 is 0 Å². The second kappa shape index (κ2) is 4.23. The summed E-state index contributed by atoms with van der Waals surface area (Å²) in [4.78, 5) is 15.3. The molecule has 1 aromatic heterocycles. The van der Waals surface area contributed by atoms with E-state index in [2.05, 4.69) is 11.6 Å². The van der Waals surface area contributed by atoms with Crippen LogP contribution in [-0.2, 0) is 6.54 Å². The Kier molecular flexibility index (Phi) is 3.25. The van der Waals surface area contributed by atoms with Crippen LogP contribution in [0.5, 0.6) is 0 Å². The normalized spacial score (nSPS) is 10.0. The van der Waals surface area contributed by atoms with Gasteiger partial charge in [0, 0.05) is 24.2 Å². The molecular weight excluding hydrogens is 188 g/mol. The first-order valence-corrected chi connectivity index (χ1v) is 4.42. The first-order valence-electron chi connectivity index (χ1n) is 3.89. The second-order valence-corrected chi connectivity index (χ2v) is 3.15. The van der Waals surface area contributed by atoms with Crippen LogP contribution in [-0.4, -0.2) is 15.4 Å². The van der Waals surface area contributed by atoms with E-state index < -0.39 is 0 Å². The molecule has 0 fully saturated rings. The molecule has 4 heteroatoms. The number of alkyl halides is 1. The van der Waals surface area contributed by atoms with Gasteiger partial charge in [0.25, 0.3) is 5.56 Å². The van der Waals surface area contributed by atoms with Crippen molar-refractivity contribution in [2.75, 3.05) is 5.88 Å². The summed E-state index contributed by atoms with van der Waals surface area (Å²) in [5, 5.41) is 0. The molecule has 1 heterocycles. The minimum absolute atomic E-state index is 0.0706. The highest BCUT2D eigenvalue weighted by Gasteiger charge is 1.98. The minimum Gasteiger partial charge on any atom is -0.295 e. The molecule has 0 bridgehead atoms. The number of allylic oxidation sites excluding steroid dienone is 1. The van der Waals surface area contributed by atoms with E-state index >= 15 is 0 Å². The summed E-state index contributed by atoms with van der Waals surface area (Å²) in [6, 6.07) is 1.49. The highest BCUT2D eigenvalue weighted by molar-refractivity contribution is 6.19. The summed E-state index contributed by atoms with van der Waals surface area (Å²) in [6.45, 7) is 5.93. The van der Waals surface area contributed by atoms with Gasteiger partial charge in [0.2, 0.25) is 0 Å². The molecule has 13 heavy (non-hydrogen) atoms. The van der Waals surface area contributed by atoms with Gasteiger partial charge in [-0.15, -0.1) is 11.6 Å². The predicted molar refractivity (Wildman–Crippen MR) is 53.1 cm³/mol. The van der Waals surface area contributed by atoms with E-state index in [9.17, 15) is 4.79 Å². The van der Waals surface area contributed by atoms with Gasteiger partial charge in [0.15, 0.2) is 0 Å². The van der Waals surface area contributed by atoms with Crippen molar-refractivity contribution in [1.29, 1.82) is 0 Å². The number of aromatic nitrogens is 2. The Morgan fingerprint density at radius 1 is 1.77 bits per heavy atom. The summed E-state index contributed by atoms with van der Waals surface area (Å²) in [7, 11) is 0. The third-order valence-electron chi connectivity index (χ3n) is 1.60. The minimum atomic E-state index is -0.0706. The molecule has 0 N–H and O–H groups in total. The maximum atomic E-state index is 11.3. The Bertz CT molecular complexity index is 370. The van der Waals surface area contributed by atoms with Crippen LogP contribution in [0.3, 0.4) is 0 Å². The number of nitrogens with zero attached hydrogens (tertiary/aromatic N) is 2. The summed E-state index contributed by atoms with van der Waals surface area (Å²) in [5.41, 5.74) is 1.45. The molecule has 1 aromatic rings. The smallest absolute Gasteiger partial charge is 0.253 e. The molecule has 0 radical (unpaired) electrons. The Morgan fingerprint density at radius 2 is 2.46 bits per heavy atom. The number of hydrogen-bond acceptors (Lipinski definition) is 2. The lowest BCUT2D eigenvalue weighted by Crippen LogP contribution is -2.21. The molecule has 1 rings (SSSR count). The third kappa shape index (κ3) is 2.70. The zero-order valence-corrected chi connectivity index (χ0v) is 8.21. The van der Waals surface area contributed by atoms with E-state index in [1.54, 1.807) is 6.92 Å². The van der Waals surface area contributed by atoms with E-state index in [4.69, 9.17) is 11.6 Å². The fraction of sp³-hybridized carbons (Fsp3) is 0.333. The van der Waals surface area contributed by atoms with Crippen LogP contribution in [0.25, 0.3) is 0 Å². The van der Waals surface area contributed by atoms with Gasteiger partial charge in [-0.3, -0.25) is 9.36 Å². The average molecular weight is 199 g/mol. The Balaban J connectivity index is 2.90. The molecule has 0 saturated carbocycles. The van der Waals surface area contributed by atoms with Gasteiger partial charge in [0.1, 0.15) is 0 Å². The molecule has 0 aromatic carbocycles. The SMILES string of the molecule is C=C(CCl)Cn1cnc(C)cc1=O. The highest BCUT2D eigenvalue weighted by atomic mass is 35.5. The molecular formula is C9H11ClN2O. The van der Waals surface area contributed by atoms with Gasteiger partial charge in [-0.05, 0) is 12.5 Å².